The number of aromatic nitrogens is 4. The number of unbranched alkanes of at least 4 members (excludes halogenated alkanes) is 12. The van der Waals surface area contributed by atoms with Crippen molar-refractivity contribution in [2.45, 2.75) is 162 Å². The van der Waals surface area contributed by atoms with Crippen molar-refractivity contribution < 1.29 is 0 Å². The molecule has 10 aromatic rings. The highest BCUT2D eigenvalue weighted by Crippen LogP contribution is 2.63. The minimum atomic E-state index is -0.118. The molecule has 8 aromatic heterocycles. The van der Waals surface area contributed by atoms with Gasteiger partial charge in [-0.05, 0) is 122 Å². The number of hydrogen-bond acceptors (Lipinski definition) is 14. The van der Waals surface area contributed by atoms with Crippen LogP contribution in [0.25, 0.3) is 93.1 Å². The maximum absolute atomic E-state index is 7.29. The summed E-state index contributed by atoms with van der Waals surface area (Å²) in [7, 11) is 0. The van der Waals surface area contributed by atoms with Crippen molar-refractivity contribution in [1.29, 1.82) is 0 Å². The first-order valence-electron chi connectivity index (χ1n) is 27.6. The van der Waals surface area contributed by atoms with Crippen molar-refractivity contribution in [3.8, 4) is 71.0 Å². The van der Waals surface area contributed by atoms with E-state index in [2.05, 4.69) is 100 Å². The third kappa shape index (κ3) is 10.6. The molecule has 14 heteroatoms. The Morgan fingerprint density at radius 2 is 0.747 bits per heavy atom. The summed E-state index contributed by atoms with van der Waals surface area (Å²) in [5, 5.41) is 0. The monoisotopic (exact) mass is 1140 g/mol. The van der Waals surface area contributed by atoms with E-state index in [4.69, 9.17) is 29.0 Å². The standard InChI is InChI=1S/C61H68N6S8/c1-5-9-13-17-21-37-23-25-47(68-37)49-29-27-45(70-49)39-33-43(62)53(57-55(39)64-74-66-57)51-35-41-59(72-51)60-42(61(41,31-19-15-11-7-3)32-20-16-12-8-4)36-52(73-60)54-44(63)34-40(56-58(54)67-75-65-56)46-28-30-50(71-46)48-26-24-38(69-48)22-18-14-10-6-2/h23-30,33-36H,5-22,31-32,62-63H2,1-4H3. The van der Waals surface area contributed by atoms with Gasteiger partial charge in [0, 0.05) is 97.6 Å². The van der Waals surface area contributed by atoms with E-state index < -0.39 is 0 Å². The molecule has 390 valence electrons. The quantitative estimate of drug-likeness (QED) is 0.0414. The lowest BCUT2D eigenvalue weighted by Crippen LogP contribution is -2.25. The van der Waals surface area contributed by atoms with Gasteiger partial charge in [-0.2, -0.15) is 17.5 Å². The zero-order valence-electron chi connectivity index (χ0n) is 43.8. The molecule has 0 spiro atoms. The average molecular weight is 1140 g/mol. The highest BCUT2D eigenvalue weighted by atomic mass is 32.1. The molecule has 4 N–H and O–H groups in total. The molecule has 6 nitrogen and oxygen atoms in total. The Kier molecular flexibility index (Phi) is 16.8. The maximum atomic E-state index is 7.29. The van der Waals surface area contributed by atoms with Crippen molar-refractivity contribution in [1.82, 2.24) is 17.5 Å². The second kappa shape index (κ2) is 23.9. The molecule has 0 aliphatic heterocycles. The minimum Gasteiger partial charge on any atom is -0.398 e. The summed E-state index contributed by atoms with van der Waals surface area (Å²) in [6.45, 7) is 9.18. The van der Waals surface area contributed by atoms with Gasteiger partial charge in [0.25, 0.3) is 0 Å². The van der Waals surface area contributed by atoms with Crippen molar-refractivity contribution >= 4 is 125 Å². The highest BCUT2D eigenvalue weighted by Gasteiger charge is 2.46. The van der Waals surface area contributed by atoms with Crippen LogP contribution in [0.15, 0.2) is 72.8 Å². The SMILES string of the molecule is CCCCCCc1ccc(-c2ccc(-c3cc(N)c(-c4cc5c(s4)-c4sc(-c6c(N)cc(-c7ccc(-c8ccc(CCCCCC)s8)s7)c7nsnc67)cc4C5(CCCCCC)CCCCCC)c4nsnc34)s2)s1. The molecular formula is C61H68N6S8. The first kappa shape index (κ1) is 52.9. The van der Waals surface area contributed by atoms with E-state index in [0.717, 1.165) is 81.4 Å². The molecule has 0 atom stereocenters. The van der Waals surface area contributed by atoms with Gasteiger partial charge < -0.3 is 11.5 Å². The molecule has 11 rings (SSSR count). The van der Waals surface area contributed by atoms with Crippen LogP contribution in [0.4, 0.5) is 11.4 Å². The first-order valence-corrected chi connectivity index (χ1v) is 34.0. The number of anilines is 2. The van der Waals surface area contributed by atoms with Gasteiger partial charge in [0.2, 0.25) is 0 Å². The number of nitrogens with zero attached hydrogens (tertiary/aromatic N) is 4. The predicted octanol–water partition coefficient (Wildman–Crippen LogP) is 21.7. The summed E-state index contributed by atoms with van der Waals surface area (Å²) in [6, 6.07) is 27.7. The van der Waals surface area contributed by atoms with Crippen molar-refractivity contribution in [3.05, 3.63) is 93.7 Å². The lowest BCUT2D eigenvalue weighted by atomic mass is 9.71. The number of hydrogen-bond donors (Lipinski definition) is 2. The van der Waals surface area contributed by atoms with Gasteiger partial charge in [-0.15, -0.1) is 68.0 Å². The number of rotatable bonds is 26. The third-order valence-corrected chi connectivity index (χ3v) is 23.8. The molecule has 0 bridgehead atoms. The molecule has 0 saturated heterocycles. The summed E-state index contributed by atoms with van der Waals surface area (Å²) in [5.74, 6) is 0. The fraction of sp³-hybridized carbons (Fsp3) is 0.410. The van der Waals surface area contributed by atoms with Crippen LogP contribution in [0, 0.1) is 0 Å². The summed E-state index contributed by atoms with van der Waals surface area (Å²) in [5.41, 5.74) is 26.8. The fourth-order valence-electron chi connectivity index (χ4n) is 11.4. The van der Waals surface area contributed by atoms with E-state index in [-0.39, 0.29) is 5.41 Å². The number of benzene rings is 2. The van der Waals surface area contributed by atoms with Gasteiger partial charge in [-0.1, -0.05) is 118 Å². The van der Waals surface area contributed by atoms with Gasteiger partial charge in [0.15, 0.2) is 0 Å². The summed E-state index contributed by atoms with van der Waals surface area (Å²) >= 11 is 13.9. The van der Waals surface area contributed by atoms with Gasteiger partial charge in [0.1, 0.15) is 22.1 Å². The van der Waals surface area contributed by atoms with E-state index >= 15 is 0 Å². The smallest absolute Gasteiger partial charge is 0.116 e. The van der Waals surface area contributed by atoms with Crippen molar-refractivity contribution in [2.24, 2.45) is 0 Å². The fourth-order valence-corrected chi connectivity index (χ4v) is 19.7. The topological polar surface area (TPSA) is 104 Å². The molecular weight excluding hydrogens is 1070 g/mol. The molecule has 0 radical (unpaired) electrons. The zero-order valence-corrected chi connectivity index (χ0v) is 50.3. The van der Waals surface area contributed by atoms with Gasteiger partial charge in [-0.3, -0.25) is 0 Å². The Morgan fingerprint density at radius 1 is 0.373 bits per heavy atom. The Labute approximate surface area is 476 Å². The lowest BCUT2D eigenvalue weighted by Gasteiger charge is -2.31. The van der Waals surface area contributed by atoms with Crippen LogP contribution in [0.5, 0.6) is 0 Å². The Balaban J connectivity index is 0.954. The number of thiophene rings is 6. The van der Waals surface area contributed by atoms with Crippen LogP contribution in [0.3, 0.4) is 0 Å². The Morgan fingerprint density at radius 3 is 1.17 bits per heavy atom. The molecule has 1 aliphatic rings. The minimum absolute atomic E-state index is 0.118. The third-order valence-electron chi connectivity index (χ3n) is 15.4. The van der Waals surface area contributed by atoms with Crippen LogP contribution in [-0.2, 0) is 18.3 Å². The second-order valence-corrected chi connectivity index (χ2v) is 28.3. The van der Waals surface area contributed by atoms with Crippen LogP contribution >= 0.6 is 91.5 Å². The number of nitrogens with two attached hydrogens (primary N) is 2. The van der Waals surface area contributed by atoms with Crippen molar-refractivity contribution in [2.75, 3.05) is 11.5 Å². The molecule has 0 fully saturated rings. The molecule has 0 amide bonds. The normalized spacial score (nSPS) is 13.0. The predicted molar refractivity (Wildman–Crippen MR) is 337 cm³/mol. The van der Waals surface area contributed by atoms with Crippen molar-refractivity contribution in [3.63, 3.8) is 0 Å². The van der Waals surface area contributed by atoms with E-state index in [1.54, 1.807) is 0 Å². The van der Waals surface area contributed by atoms with Gasteiger partial charge in [0.05, 0.1) is 23.5 Å². The van der Waals surface area contributed by atoms with E-state index in [0.29, 0.717) is 0 Å². The van der Waals surface area contributed by atoms with Gasteiger partial charge >= 0.3 is 0 Å². The van der Waals surface area contributed by atoms with Crippen LogP contribution < -0.4 is 11.5 Å². The summed E-state index contributed by atoms with van der Waals surface area (Å²) in [6.07, 6.45) is 24.6. The lowest BCUT2D eigenvalue weighted by molar-refractivity contribution is 0.402. The summed E-state index contributed by atoms with van der Waals surface area (Å²) < 4.78 is 20.1. The average Bonchev–Trinajstić information content (AvgIpc) is 4.29. The molecule has 0 saturated carbocycles. The van der Waals surface area contributed by atoms with Crippen LogP contribution in [0.2, 0.25) is 0 Å². The molecule has 1 aliphatic carbocycles. The second-order valence-electron chi connectivity index (χ2n) is 20.6. The number of fused-ring (bicyclic) bond motifs is 5. The zero-order chi connectivity index (χ0) is 51.5. The van der Waals surface area contributed by atoms with E-state index in [1.165, 1.54) is 196 Å². The molecule has 2 aromatic carbocycles. The molecule has 8 heterocycles. The molecule has 0 unspecified atom stereocenters. The summed E-state index contributed by atoms with van der Waals surface area (Å²) in [4.78, 5) is 15.7. The molecule has 75 heavy (non-hydrogen) atoms. The first-order chi connectivity index (χ1) is 36.8. The Bertz CT molecular complexity index is 3300. The van der Waals surface area contributed by atoms with Gasteiger partial charge in [-0.25, -0.2) is 0 Å². The van der Waals surface area contributed by atoms with Crippen LogP contribution in [0.1, 0.15) is 164 Å². The highest BCUT2D eigenvalue weighted by molar-refractivity contribution is 7.26. The van der Waals surface area contributed by atoms with E-state index in [9.17, 15) is 0 Å². The maximum Gasteiger partial charge on any atom is 0.116 e. The number of nitrogen functional groups attached to an aromatic ring is 2. The Hall–Kier alpha value is -4.12. The largest absolute Gasteiger partial charge is 0.398 e. The number of aryl methyl sites for hydroxylation is 2. The van der Waals surface area contributed by atoms with E-state index in [1.807, 2.05) is 68.0 Å². The van der Waals surface area contributed by atoms with Crippen LogP contribution in [-0.4, -0.2) is 17.5 Å².